The lowest BCUT2D eigenvalue weighted by atomic mass is 10.00. The molecule has 1 N–H and O–H groups in total. The first-order valence-corrected chi connectivity index (χ1v) is 11.0. The summed E-state index contributed by atoms with van der Waals surface area (Å²) in [5.41, 5.74) is 1.81. The normalized spacial score (nSPS) is 16.5. The van der Waals surface area contributed by atoms with Crippen LogP contribution in [0.4, 0.5) is 5.13 Å². The summed E-state index contributed by atoms with van der Waals surface area (Å²) in [5.74, 6) is -0.319. The molecule has 1 aliphatic heterocycles. The van der Waals surface area contributed by atoms with E-state index in [1.807, 2.05) is 18.2 Å². The minimum atomic E-state index is -0.958. The maximum absolute atomic E-state index is 13.3. The number of aryl methyl sites for hydroxylation is 3. The SMILES string of the molecule is CCc1ccc2nc(N3C(=O)C(O)=C(C(=O)c4ccc(C)o4)[C@@H]3c3ccc(C)o3)sc2c1. The smallest absolute Gasteiger partial charge is 0.296 e. The second-order valence-corrected chi connectivity index (χ2v) is 8.69. The van der Waals surface area contributed by atoms with E-state index in [4.69, 9.17) is 8.83 Å². The summed E-state index contributed by atoms with van der Waals surface area (Å²) in [6.07, 6.45) is 0.879. The summed E-state index contributed by atoms with van der Waals surface area (Å²) in [6, 6.07) is 11.6. The van der Waals surface area contributed by atoms with Gasteiger partial charge in [0.15, 0.2) is 16.7 Å². The van der Waals surface area contributed by atoms with Crippen molar-refractivity contribution in [3.8, 4) is 0 Å². The molecule has 0 saturated carbocycles. The van der Waals surface area contributed by atoms with Crippen LogP contribution in [0.5, 0.6) is 0 Å². The Morgan fingerprint density at radius 3 is 2.53 bits per heavy atom. The van der Waals surface area contributed by atoms with Crippen molar-refractivity contribution in [3.63, 3.8) is 0 Å². The highest BCUT2D eigenvalue weighted by atomic mass is 32.1. The van der Waals surface area contributed by atoms with Gasteiger partial charge < -0.3 is 13.9 Å². The van der Waals surface area contributed by atoms with E-state index in [0.717, 1.165) is 22.2 Å². The van der Waals surface area contributed by atoms with Gasteiger partial charge in [-0.1, -0.05) is 24.3 Å². The van der Waals surface area contributed by atoms with Crippen LogP contribution in [0.3, 0.4) is 0 Å². The Kier molecular flexibility index (Phi) is 4.74. The average Bonchev–Trinajstić information content (AvgIpc) is 3.54. The molecule has 0 unspecified atom stereocenters. The summed E-state index contributed by atoms with van der Waals surface area (Å²) in [7, 11) is 0. The predicted octanol–water partition coefficient (Wildman–Crippen LogP) is 5.44. The Labute approximate surface area is 187 Å². The van der Waals surface area contributed by atoms with E-state index in [0.29, 0.717) is 22.4 Å². The van der Waals surface area contributed by atoms with Crippen molar-refractivity contribution in [1.29, 1.82) is 0 Å². The van der Waals surface area contributed by atoms with Gasteiger partial charge in [0.2, 0.25) is 5.78 Å². The lowest BCUT2D eigenvalue weighted by Crippen LogP contribution is -2.30. The minimum absolute atomic E-state index is 0.0452. The molecule has 4 aromatic rings. The van der Waals surface area contributed by atoms with Gasteiger partial charge in [0.25, 0.3) is 5.91 Å². The Bertz CT molecular complexity index is 1410. The molecule has 0 spiro atoms. The lowest BCUT2D eigenvalue weighted by Gasteiger charge is -2.21. The fourth-order valence-corrected chi connectivity index (χ4v) is 4.93. The van der Waals surface area contributed by atoms with E-state index < -0.39 is 23.5 Å². The van der Waals surface area contributed by atoms with Gasteiger partial charge in [-0.2, -0.15) is 0 Å². The standard InChI is InChI=1S/C24H20N2O5S/c1-4-14-7-8-15-18(11-14)32-24(25-15)26-20(16-9-5-12(2)30-16)19(22(28)23(26)29)21(27)17-10-6-13(3)31-17/h5-11,20,28H,4H2,1-3H3/t20-/m0/s1. The second kappa shape index (κ2) is 7.49. The van der Waals surface area contributed by atoms with Gasteiger partial charge in [0, 0.05) is 0 Å². The number of aliphatic hydroxyl groups is 1. The molecule has 32 heavy (non-hydrogen) atoms. The van der Waals surface area contributed by atoms with E-state index in [9.17, 15) is 14.7 Å². The molecular weight excluding hydrogens is 428 g/mol. The zero-order valence-corrected chi connectivity index (χ0v) is 18.5. The molecule has 0 bridgehead atoms. The molecule has 8 heteroatoms. The first-order valence-electron chi connectivity index (χ1n) is 10.2. The lowest BCUT2D eigenvalue weighted by molar-refractivity contribution is -0.117. The molecule has 1 amide bonds. The molecule has 162 valence electrons. The highest BCUT2D eigenvalue weighted by Crippen LogP contribution is 2.44. The van der Waals surface area contributed by atoms with Gasteiger partial charge in [-0.25, -0.2) is 4.98 Å². The maximum Gasteiger partial charge on any atom is 0.296 e. The molecular formula is C24H20N2O5S. The summed E-state index contributed by atoms with van der Waals surface area (Å²) < 4.78 is 12.2. The molecule has 5 rings (SSSR count). The molecule has 0 saturated heterocycles. The third-order valence-electron chi connectivity index (χ3n) is 5.50. The van der Waals surface area contributed by atoms with Gasteiger partial charge in [0.05, 0.1) is 15.8 Å². The van der Waals surface area contributed by atoms with Crippen molar-refractivity contribution in [1.82, 2.24) is 4.98 Å². The fraction of sp³-hybridized carbons (Fsp3) is 0.208. The maximum atomic E-state index is 13.3. The number of aliphatic hydroxyl groups excluding tert-OH is 1. The third kappa shape index (κ3) is 3.15. The predicted molar refractivity (Wildman–Crippen MR) is 120 cm³/mol. The monoisotopic (exact) mass is 448 g/mol. The average molecular weight is 449 g/mol. The van der Waals surface area contributed by atoms with Crippen LogP contribution < -0.4 is 4.90 Å². The number of hydrogen-bond acceptors (Lipinski definition) is 7. The van der Waals surface area contributed by atoms with E-state index in [1.54, 1.807) is 32.0 Å². The number of furan rings is 2. The molecule has 0 radical (unpaired) electrons. The van der Waals surface area contributed by atoms with Crippen LogP contribution in [0, 0.1) is 13.8 Å². The number of carbonyl (C=O) groups excluding carboxylic acids is 2. The summed E-state index contributed by atoms with van der Waals surface area (Å²) in [4.78, 5) is 32.4. The Morgan fingerprint density at radius 2 is 1.88 bits per heavy atom. The quantitative estimate of drug-likeness (QED) is 0.408. The second-order valence-electron chi connectivity index (χ2n) is 7.68. The molecule has 7 nitrogen and oxygen atoms in total. The van der Waals surface area contributed by atoms with Crippen LogP contribution in [0.15, 0.2) is 62.6 Å². The van der Waals surface area contributed by atoms with Crippen LogP contribution in [-0.2, 0) is 11.2 Å². The summed E-state index contributed by atoms with van der Waals surface area (Å²) in [5, 5.41) is 11.2. The number of fused-ring (bicyclic) bond motifs is 1. The van der Waals surface area contributed by atoms with Gasteiger partial charge >= 0.3 is 0 Å². The first kappa shape index (κ1) is 20.3. The number of Topliss-reactive ketones (excluding diaryl/α,β-unsaturated/α-hetero) is 1. The Hall–Kier alpha value is -3.65. The number of ketones is 1. The number of amides is 1. The van der Waals surface area contributed by atoms with Crippen LogP contribution in [-0.4, -0.2) is 21.8 Å². The van der Waals surface area contributed by atoms with E-state index in [-0.39, 0.29) is 11.3 Å². The van der Waals surface area contributed by atoms with Crippen molar-refractivity contribution >= 4 is 38.4 Å². The van der Waals surface area contributed by atoms with Crippen molar-refractivity contribution in [2.45, 2.75) is 33.2 Å². The topological polar surface area (TPSA) is 96.8 Å². The van der Waals surface area contributed by atoms with Crippen LogP contribution >= 0.6 is 11.3 Å². The minimum Gasteiger partial charge on any atom is -0.503 e. The van der Waals surface area contributed by atoms with Crippen LogP contribution in [0.25, 0.3) is 10.2 Å². The fourth-order valence-electron chi connectivity index (χ4n) is 3.87. The van der Waals surface area contributed by atoms with E-state index in [2.05, 4.69) is 11.9 Å². The van der Waals surface area contributed by atoms with Gasteiger partial charge in [0.1, 0.15) is 23.3 Å². The van der Waals surface area contributed by atoms with Crippen molar-refractivity contribution < 1.29 is 23.5 Å². The van der Waals surface area contributed by atoms with Gasteiger partial charge in [-0.15, -0.1) is 0 Å². The summed E-state index contributed by atoms with van der Waals surface area (Å²) >= 11 is 1.33. The molecule has 1 aromatic carbocycles. The molecule has 3 aromatic heterocycles. The zero-order valence-electron chi connectivity index (χ0n) is 17.7. The molecule has 0 fully saturated rings. The zero-order chi connectivity index (χ0) is 22.6. The number of hydrogen-bond donors (Lipinski definition) is 1. The summed E-state index contributed by atoms with van der Waals surface area (Å²) in [6.45, 7) is 5.56. The van der Waals surface area contributed by atoms with Crippen molar-refractivity contribution in [2.75, 3.05) is 4.90 Å². The van der Waals surface area contributed by atoms with Gasteiger partial charge in [-0.3, -0.25) is 14.5 Å². The molecule has 0 aliphatic carbocycles. The Balaban J connectivity index is 1.66. The van der Waals surface area contributed by atoms with E-state index in [1.165, 1.54) is 22.3 Å². The molecule has 1 aliphatic rings. The van der Waals surface area contributed by atoms with Crippen molar-refractivity contribution in [3.05, 3.63) is 82.4 Å². The molecule has 1 atom stereocenters. The highest BCUT2D eigenvalue weighted by Gasteiger charge is 2.48. The number of nitrogens with zero attached hydrogens (tertiary/aromatic N) is 2. The van der Waals surface area contributed by atoms with Crippen LogP contribution in [0.1, 0.15) is 46.4 Å². The van der Waals surface area contributed by atoms with Gasteiger partial charge in [-0.05, 0) is 62.2 Å². The number of anilines is 1. The first-order chi connectivity index (χ1) is 15.4. The number of thiazole rings is 1. The highest BCUT2D eigenvalue weighted by molar-refractivity contribution is 7.22. The Morgan fingerprint density at radius 1 is 1.12 bits per heavy atom. The number of benzene rings is 1. The number of aromatic nitrogens is 1. The van der Waals surface area contributed by atoms with Crippen molar-refractivity contribution in [2.24, 2.45) is 0 Å². The number of rotatable bonds is 5. The molecule has 4 heterocycles. The number of carbonyl (C=O) groups is 2. The third-order valence-corrected chi connectivity index (χ3v) is 6.52. The van der Waals surface area contributed by atoms with E-state index >= 15 is 0 Å². The van der Waals surface area contributed by atoms with Crippen LogP contribution in [0.2, 0.25) is 0 Å². The largest absolute Gasteiger partial charge is 0.503 e.